The van der Waals surface area contributed by atoms with Crippen molar-refractivity contribution in [3.05, 3.63) is 59.2 Å². The molecule has 0 spiro atoms. The SMILES string of the molecule is COc1ccc(NC(=O)C(c2cc(C)ccc2C)N(C(=O)C(CS)NC(=O)OC(C)(C)C)C(C)C)cc1. The van der Waals surface area contributed by atoms with Crippen molar-refractivity contribution in [3.8, 4) is 5.75 Å². The van der Waals surface area contributed by atoms with Crippen LogP contribution < -0.4 is 15.4 Å². The van der Waals surface area contributed by atoms with E-state index >= 15 is 0 Å². The van der Waals surface area contributed by atoms with Gasteiger partial charge in [0.15, 0.2) is 0 Å². The summed E-state index contributed by atoms with van der Waals surface area (Å²) < 4.78 is 10.5. The number of amides is 3. The van der Waals surface area contributed by atoms with Crippen LogP contribution >= 0.6 is 12.6 Å². The quantitative estimate of drug-likeness (QED) is 0.395. The number of carbonyl (C=O) groups excluding carboxylic acids is 3. The first-order valence-corrected chi connectivity index (χ1v) is 12.8. The van der Waals surface area contributed by atoms with Gasteiger partial charge in [-0.05, 0) is 83.9 Å². The number of anilines is 1. The molecule has 37 heavy (non-hydrogen) atoms. The molecule has 0 fully saturated rings. The van der Waals surface area contributed by atoms with Crippen molar-refractivity contribution in [1.29, 1.82) is 0 Å². The minimum absolute atomic E-state index is 0.0287. The number of carbonyl (C=O) groups is 3. The van der Waals surface area contributed by atoms with E-state index in [1.165, 1.54) is 4.90 Å². The fourth-order valence-electron chi connectivity index (χ4n) is 3.85. The average molecular weight is 530 g/mol. The van der Waals surface area contributed by atoms with Gasteiger partial charge in [-0.15, -0.1) is 0 Å². The van der Waals surface area contributed by atoms with E-state index < -0.39 is 29.7 Å². The van der Waals surface area contributed by atoms with E-state index in [0.29, 0.717) is 17.0 Å². The van der Waals surface area contributed by atoms with Crippen LogP contribution in [0.2, 0.25) is 0 Å². The molecule has 0 aromatic heterocycles. The monoisotopic (exact) mass is 529 g/mol. The molecule has 0 saturated heterocycles. The standard InChI is InChI=1S/C28H39N3O5S/c1-17(2)31(26(33)23(16-37)30-27(34)36-28(5,6)7)24(22-15-18(3)9-10-19(22)4)25(32)29-20-11-13-21(35-8)14-12-20/h9-15,17,23-24,37H,16H2,1-8H3,(H,29,32)(H,30,34). The van der Waals surface area contributed by atoms with Gasteiger partial charge in [-0.25, -0.2) is 4.79 Å². The lowest BCUT2D eigenvalue weighted by Crippen LogP contribution is -2.55. The molecule has 2 aromatic rings. The third kappa shape index (κ3) is 8.42. The third-order valence-corrected chi connectivity index (χ3v) is 5.96. The molecule has 3 amide bonds. The van der Waals surface area contributed by atoms with Crippen LogP contribution in [0.15, 0.2) is 42.5 Å². The van der Waals surface area contributed by atoms with Crippen molar-refractivity contribution in [2.75, 3.05) is 18.2 Å². The maximum atomic E-state index is 13.9. The van der Waals surface area contributed by atoms with E-state index in [-0.39, 0.29) is 17.7 Å². The summed E-state index contributed by atoms with van der Waals surface area (Å²) in [5, 5.41) is 5.56. The number of benzene rings is 2. The highest BCUT2D eigenvalue weighted by Gasteiger charge is 2.38. The van der Waals surface area contributed by atoms with E-state index in [1.807, 2.05) is 45.9 Å². The number of aryl methyl sites for hydroxylation is 2. The summed E-state index contributed by atoms with van der Waals surface area (Å²) in [4.78, 5) is 41.7. The van der Waals surface area contributed by atoms with Crippen LogP contribution in [-0.2, 0) is 14.3 Å². The van der Waals surface area contributed by atoms with Crippen LogP contribution in [0.5, 0.6) is 5.75 Å². The molecular formula is C28H39N3O5S. The average Bonchev–Trinajstić information content (AvgIpc) is 2.81. The minimum Gasteiger partial charge on any atom is -0.497 e. The third-order valence-electron chi connectivity index (χ3n) is 5.60. The number of nitrogens with zero attached hydrogens (tertiary/aromatic N) is 1. The lowest BCUT2D eigenvalue weighted by atomic mass is 9.95. The zero-order valence-electron chi connectivity index (χ0n) is 22.9. The highest BCUT2D eigenvalue weighted by molar-refractivity contribution is 7.80. The summed E-state index contributed by atoms with van der Waals surface area (Å²) >= 11 is 4.32. The maximum absolute atomic E-state index is 13.9. The van der Waals surface area contributed by atoms with Gasteiger partial charge in [0.05, 0.1) is 7.11 Å². The lowest BCUT2D eigenvalue weighted by Gasteiger charge is -2.37. The molecule has 0 heterocycles. The molecular weight excluding hydrogens is 490 g/mol. The molecule has 0 aliphatic heterocycles. The van der Waals surface area contributed by atoms with Crippen molar-refractivity contribution < 1.29 is 23.9 Å². The van der Waals surface area contributed by atoms with E-state index in [4.69, 9.17) is 9.47 Å². The predicted molar refractivity (Wildman–Crippen MR) is 149 cm³/mol. The Balaban J connectivity index is 2.50. The Kier molecular flexibility index (Phi) is 10.4. The topological polar surface area (TPSA) is 97.0 Å². The molecule has 202 valence electrons. The van der Waals surface area contributed by atoms with Crippen LogP contribution in [-0.4, -0.2) is 53.4 Å². The summed E-state index contributed by atoms with van der Waals surface area (Å²) in [5.41, 5.74) is 2.35. The summed E-state index contributed by atoms with van der Waals surface area (Å²) in [6.07, 6.45) is -0.727. The molecule has 0 aliphatic carbocycles. The summed E-state index contributed by atoms with van der Waals surface area (Å²) in [7, 11) is 1.57. The normalized spacial score (nSPS) is 12.9. The van der Waals surface area contributed by atoms with Crippen LogP contribution in [0, 0.1) is 13.8 Å². The summed E-state index contributed by atoms with van der Waals surface area (Å²) in [6, 6.07) is 10.4. The molecule has 0 radical (unpaired) electrons. The Bertz CT molecular complexity index is 1100. The van der Waals surface area contributed by atoms with Crippen LogP contribution in [0.3, 0.4) is 0 Å². The number of hydrogen-bond donors (Lipinski definition) is 3. The second-order valence-corrected chi connectivity index (χ2v) is 10.6. The number of methoxy groups -OCH3 is 1. The van der Waals surface area contributed by atoms with Crippen molar-refractivity contribution in [2.45, 2.75) is 72.2 Å². The molecule has 2 atom stereocenters. The van der Waals surface area contributed by atoms with Gasteiger partial charge in [0.2, 0.25) is 5.91 Å². The Morgan fingerprint density at radius 3 is 2.16 bits per heavy atom. The van der Waals surface area contributed by atoms with Crippen LogP contribution in [0.1, 0.15) is 57.4 Å². The highest BCUT2D eigenvalue weighted by atomic mass is 32.1. The molecule has 0 saturated carbocycles. The van der Waals surface area contributed by atoms with Gasteiger partial charge in [-0.2, -0.15) is 12.6 Å². The van der Waals surface area contributed by atoms with Crippen LogP contribution in [0.4, 0.5) is 10.5 Å². The van der Waals surface area contributed by atoms with E-state index in [0.717, 1.165) is 11.1 Å². The number of hydrogen-bond acceptors (Lipinski definition) is 6. The van der Waals surface area contributed by atoms with Gasteiger partial charge < -0.3 is 25.0 Å². The first-order valence-electron chi connectivity index (χ1n) is 12.2. The van der Waals surface area contributed by atoms with Gasteiger partial charge >= 0.3 is 6.09 Å². The number of alkyl carbamates (subject to hydrolysis) is 1. The number of thiol groups is 1. The Morgan fingerprint density at radius 1 is 1.03 bits per heavy atom. The predicted octanol–water partition coefficient (Wildman–Crippen LogP) is 5.05. The smallest absolute Gasteiger partial charge is 0.408 e. The Labute approximate surface area is 225 Å². The fourth-order valence-corrected chi connectivity index (χ4v) is 4.10. The number of nitrogens with one attached hydrogen (secondary N) is 2. The van der Waals surface area contributed by atoms with E-state index in [9.17, 15) is 14.4 Å². The second kappa shape index (κ2) is 12.9. The highest BCUT2D eigenvalue weighted by Crippen LogP contribution is 2.30. The van der Waals surface area contributed by atoms with Crippen molar-refractivity contribution in [3.63, 3.8) is 0 Å². The molecule has 2 N–H and O–H groups in total. The van der Waals surface area contributed by atoms with Gasteiger partial charge in [0.1, 0.15) is 23.4 Å². The maximum Gasteiger partial charge on any atom is 0.408 e. The van der Waals surface area contributed by atoms with Gasteiger partial charge in [-0.1, -0.05) is 23.8 Å². The fraction of sp³-hybridized carbons (Fsp3) is 0.464. The number of ether oxygens (including phenoxy) is 2. The largest absolute Gasteiger partial charge is 0.497 e. The lowest BCUT2D eigenvalue weighted by molar-refractivity contribution is -0.142. The van der Waals surface area contributed by atoms with E-state index in [2.05, 4.69) is 23.3 Å². The van der Waals surface area contributed by atoms with E-state index in [1.54, 1.807) is 52.1 Å². The first-order chi connectivity index (χ1) is 17.3. The van der Waals surface area contributed by atoms with Gasteiger partial charge in [0, 0.05) is 17.5 Å². The Hall–Kier alpha value is -3.20. The van der Waals surface area contributed by atoms with Crippen molar-refractivity contribution in [1.82, 2.24) is 10.2 Å². The van der Waals surface area contributed by atoms with Gasteiger partial charge in [-0.3, -0.25) is 9.59 Å². The van der Waals surface area contributed by atoms with Gasteiger partial charge in [0.25, 0.3) is 5.91 Å². The molecule has 0 aliphatic rings. The molecule has 2 rings (SSSR count). The second-order valence-electron chi connectivity index (χ2n) is 10.2. The van der Waals surface area contributed by atoms with Crippen LogP contribution in [0.25, 0.3) is 0 Å². The van der Waals surface area contributed by atoms with Crippen molar-refractivity contribution in [2.24, 2.45) is 0 Å². The summed E-state index contributed by atoms with van der Waals surface area (Å²) in [5.74, 6) is -0.128. The molecule has 0 bridgehead atoms. The molecule has 9 heteroatoms. The summed E-state index contributed by atoms with van der Waals surface area (Å²) in [6.45, 7) is 12.7. The molecule has 8 nitrogen and oxygen atoms in total. The molecule has 2 unspecified atom stereocenters. The Morgan fingerprint density at radius 2 is 1.65 bits per heavy atom. The van der Waals surface area contributed by atoms with Crippen molar-refractivity contribution >= 4 is 36.2 Å². The minimum atomic E-state index is -0.998. The first kappa shape index (κ1) is 30.0. The molecule has 2 aromatic carbocycles. The zero-order chi connectivity index (χ0) is 27.9. The zero-order valence-corrected chi connectivity index (χ0v) is 23.8. The number of rotatable bonds is 9.